The van der Waals surface area contributed by atoms with Crippen LogP contribution >= 0.6 is 0 Å². The van der Waals surface area contributed by atoms with Crippen molar-refractivity contribution >= 4 is 27.4 Å². The molecule has 2 rings (SSSR count). The molecule has 1 aromatic carbocycles. The van der Waals surface area contributed by atoms with E-state index >= 15 is 0 Å². The maximum atomic E-state index is 13.1. The topological polar surface area (TPSA) is 74.3 Å². The lowest BCUT2D eigenvalue weighted by Crippen LogP contribution is -2.28. The van der Waals surface area contributed by atoms with Crippen LogP contribution in [0.15, 0.2) is 42.6 Å². The third kappa shape index (κ3) is 4.14. The number of nitrogens with one attached hydrogen (secondary N) is 2. The lowest BCUT2D eigenvalue weighted by atomic mass is 10.3. The van der Waals surface area contributed by atoms with Crippen LogP contribution in [0.5, 0.6) is 0 Å². The highest BCUT2D eigenvalue weighted by Crippen LogP contribution is 2.17. The minimum absolute atomic E-state index is 0.341. The summed E-state index contributed by atoms with van der Waals surface area (Å²) in [4.78, 5) is 4.07. The quantitative estimate of drug-likeness (QED) is 0.887. The highest BCUT2D eigenvalue weighted by atomic mass is 32.2. The maximum Gasteiger partial charge on any atom is 0.301 e. The predicted molar refractivity (Wildman–Crippen MR) is 80.1 cm³/mol. The third-order valence-electron chi connectivity index (χ3n) is 2.59. The standard InChI is InChI=1S/C13H15FN4O2S/c1-18(2)21(19,20)17-12-6-7-13(15-9-12)16-11-5-3-4-10(14)8-11/h3-9,17H,1-2H3,(H,15,16). The van der Waals surface area contributed by atoms with Gasteiger partial charge in [-0.3, -0.25) is 4.72 Å². The molecule has 0 fully saturated rings. The van der Waals surface area contributed by atoms with E-state index in [0.29, 0.717) is 17.2 Å². The molecule has 0 amide bonds. The van der Waals surface area contributed by atoms with Crippen molar-refractivity contribution in [2.45, 2.75) is 0 Å². The van der Waals surface area contributed by atoms with Gasteiger partial charge in [-0.1, -0.05) is 6.07 Å². The highest BCUT2D eigenvalue weighted by molar-refractivity contribution is 7.90. The van der Waals surface area contributed by atoms with Gasteiger partial charge in [-0.2, -0.15) is 12.7 Å². The zero-order chi connectivity index (χ0) is 15.5. The van der Waals surface area contributed by atoms with Crippen molar-refractivity contribution in [2.24, 2.45) is 0 Å². The van der Waals surface area contributed by atoms with Crippen LogP contribution in [-0.2, 0) is 10.2 Å². The zero-order valence-electron chi connectivity index (χ0n) is 11.5. The van der Waals surface area contributed by atoms with Gasteiger partial charge in [-0.25, -0.2) is 9.37 Å². The first-order valence-corrected chi connectivity index (χ1v) is 7.50. The summed E-state index contributed by atoms with van der Waals surface area (Å²) in [7, 11) is -0.703. The zero-order valence-corrected chi connectivity index (χ0v) is 12.4. The van der Waals surface area contributed by atoms with Crippen LogP contribution in [0.25, 0.3) is 0 Å². The largest absolute Gasteiger partial charge is 0.340 e. The van der Waals surface area contributed by atoms with Gasteiger partial charge in [0.15, 0.2) is 0 Å². The highest BCUT2D eigenvalue weighted by Gasteiger charge is 2.12. The summed E-state index contributed by atoms with van der Waals surface area (Å²) in [5.74, 6) is 0.128. The Morgan fingerprint density at radius 1 is 1.14 bits per heavy atom. The molecule has 8 heteroatoms. The molecule has 2 aromatic rings. The molecule has 0 aliphatic heterocycles. The number of halogens is 1. The Morgan fingerprint density at radius 3 is 2.48 bits per heavy atom. The molecule has 0 aliphatic carbocycles. The molecule has 0 saturated heterocycles. The first kappa shape index (κ1) is 15.2. The number of nitrogens with zero attached hydrogens (tertiary/aromatic N) is 2. The number of hydrogen-bond donors (Lipinski definition) is 2. The lowest BCUT2D eigenvalue weighted by molar-refractivity contribution is 0.527. The molecule has 6 nitrogen and oxygen atoms in total. The lowest BCUT2D eigenvalue weighted by Gasteiger charge is -2.13. The van der Waals surface area contributed by atoms with E-state index in [4.69, 9.17) is 0 Å². The molecule has 0 atom stereocenters. The molecule has 0 saturated carbocycles. The van der Waals surface area contributed by atoms with Crippen LogP contribution in [-0.4, -0.2) is 31.8 Å². The number of hydrogen-bond acceptors (Lipinski definition) is 4. The number of benzene rings is 1. The molecule has 2 N–H and O–H groups in total. The Morgan fingerprint density at radius 2 is 1.90 bits per heavy atom. The summed E-state index contributed by atoms with van der Waals surface area (Å²) in [6, 6.07) is 9.13. The molecule has 0 unspecified atom stereocenters. The fourth-order valence-electron chi connectivity index (χ4n) is 1.48. The van der Waals surface area contributed by atoms with Crippen LogP contribution in [0.3, 0.4) is 0 Å². The minimum atomic E-state index is -3.56. The van der Waals surface area contributed by atoms with Crippen LogP contribution in [0.2, 0.25) is 0 Å². The Balaban J connectivity index is 2.09. The van der Waals surface area contributed by atoms with Crippen molar-refractivity contribution in [1.82, 2.24) is 9.29 Å². The van der Waals surface area contributed by atoms with Gasteiger partial charge in [-0.05, 0) is 30.3 Å². The average Bonchev–Trinajstić information content (AvgIpc) is 2.40. The summed E-state index contributed by atoms with van der Waals surface area (Å²) in [5, 5.41) is 2.92. The number of rotatable bonds is 5. The Kier molecular flexibility index (Phi) is 4.39. The first-order valence-electron chi connectivity index (χ1n) is 6.06. The Bertz CT molecular complexity index is 717. The van der Waals surface area contributed by atoms with Gasteiger partial charge >= 0.3 is 10.2 Å². The van der Waals surface area contributed by atoms with E-state index in [2.05, 4.69) is 15.0 Å². The molecule has 0 aliphatic rings. The van der Waals surface area contributed by atoms with Crippen LogP contribution in [0, 0.1) is 5.82 Å². The van der Waals surface area contributed by atoms with Crippen molar-refractivity contribution < 1.29 is 12.8 Å². The van der Waals surface area contributed by atoms with Crippen molar-refractivity contribution in [3.63, 3.8) is 0 Å². The SMILES string of the molecule is CN(C)S(=O)(=O)Nc1ccc(Nc2cccc(F)c2)nc1. The summed E-state index contributed by atoms with van der Waals surface area (Å²) in [6.07, 6.45) is 1.38. The second kappa shape index (κ2) is 6.06. The van der Waals surface area contributed by atoms with Gasteiger partial charge in [0.05, 0.1) is 11.9 Å². The van der Waals surface area contributed by atoms with E-state index in [0.717, 1.165) is 4.31 Å². The summed E-state index contributed by atoms with van der Waals surface area (Å²) >= 11 is 0. The Labute approximate surface area is 122 Å². The fraction of sp³-hybridized carbons (Fsp3) is 0.154. The van der Waals surface area contributed by atoms with Crippen LogP contribution < -0.4 is 10.0 Å². The summed E-state index contributed by atoms with van der Waals surface area (Å²) in [5.41, 5.74) is 0.901. The van der Waals surface area contributed by atoms with Crippen LogP contribution in [0.4, 0.5) is 21.6 Å². The molecule has 21 heavy (non-hydrogen) atoms. The maximum absolute atomic E-state index is 13.1. The number of anilines is 3. The summed E-state index contributed by atoms with van der Waals surface area (Å²) in [6.45, 7) is 0. The fourth-order valence-corrected chi connectivity index (χ4v) is 2.08. The molecular formula is C13H15FN4O2S. The van der Waals surface area contributed by atoms with Gasteiger partial charge in [0, 0.05) is 19.8 Å². The second-order valence-electron chi connectivity index (χ2n) is 4.46. The third-order valence-corrected chi connectivity index (χ3v) is 4.04. The Hall–Kier alpha value is -2.19. The first-order chi connectivity index (χ1) is 9.87. The van der Waals surface area contributed by atoms with E-state index in [-0.39, 0.29) is 5.82 Å². The molecule has 0 spiro atoms. The van der Waals surface area contributed by atoms with Crippen molar-refractivity contribution in [2.75, 3.05) is 24.1 Å². The normalized spacial score (nSPS) is 11.4. The van der Waals surface area contributed by atoms with E-state index in [1.807, 2.05) is 0 Å². The van der Waals surface area contributed by atoms with Gasteiger partial charge < -0.3 is 5.32 Å². The number of aromatic nitrogens is 1. The molecule has 0 bridgehead atoms. The van der Waals surface area contributed by atoms with E-state index in [1.165, 1.54) is 32.4 Å². The smallest absolute Gasteiger partial charge is 0.301 e. The van der Waals surface area contributed by atoms with Crippen molar-refractivity contribution in [3.8, 4) is 0 Å². The molecule has 112 valence electrons. The predicted octanol–water partition coefficient (Wildman–Crippen LogP) is 2.18. The van der Waals surface area contributed by atoms with Gasteiger partial charge in [-0.15, -0.1) is 0 Å². The van der Waals surface area contributed by atoms with Crippen molar-refractivity contribution in [3.05, 3.63) is 48.4 Å². The second-order valence-corrected chi connectivity index (χ2v) is 6.34. The van der Waals surface area contributed by atoms with Crippen LogP contribution in [0.1, 0.15) is 0 Å². The minimum Gasteiger partial charge on any atom is -0.340 e. The average molecular weight is 310 g/mol. The van der Waals surface area contributed by atoms with E-state index in [1.54, 1.807) is 24.3 Å². The molecular weight excluding hydrogens is 295 g/mol. The van der Waals surface area contributed by atoms with Gasteiger partial charge in [0.2, 0.25) is 0 Å². The van der Waals surface area contributed by atoms with E-state index in [9.17, 15) is 12.8 Å². The van der Waals surface area contributed by atoms with Crippen molar-refractivity contribution in [1.29, 1.82) is 0 Å². The van der Waals surface area contributed by atoms with Gasteiger partial charge in [0.1, 0.15) is 11.6 Å². The molecule has 0 radical (unpaired) electrons. The number of pyridine rings is 1. The molecule has 1 aromatic heterocycles. The van der Waals surface area contributed by atoms with Gasteiger partial charge in [0.25, 0.3) is 0 Å². The summed E-state index contributed by atoms with van der Waals surface area (Å²) < 4.78 is 39.8. The monoisotopic (exact) mass is 310 g/mol. The molecule has 1 heterocycles. The van der Waals surface area contributed by atoms with E-state index < -0.39 is 10.2 Å².